The van der Waals surface area contributed by atoms with Gasteiger partial charge in [0.15, 0.2) is 6.61 Å². The number of benzene rings is 2. The van der Waals surface area contributed by atoms with Crippen molar-refractivity contribution in [3.63, 3.8) is 0 Å². The monoisotopic (exact) mass is 394 g/mol. The maximum atomic E-state index is 12.5. The van der Waals surface area contributed by atoms with Crippen LogP contribution < -0.4 is 9.64 Å². The molecule has 2 aromatic carbocycles. The summed E-state index contributed by atoms with van der Waals surface area (Å²) in [5.41, 5.74) is 3.07. The Morgan fingerprint density at radius 2 is 2.14 bits per heavy atom. The third-order valence-electron chi connectivity index (χ3n) is 5.43. The van der Waals surface area contributed by atoms with Crippen LogP contribution in [-0.2, 0) is 11.2 Å². The van der Waals surface area contributed by atoms with E-state index >= 15 is 0 Å². The number of carbonyl (C=O) groups is 1. The molecule has 0 spiro atoms. The number of para-hydroxylation sites is 1. The second-order valence-electron chi connectivity index (χ2n) is 7.49. The van der Waals surface area contributed by atoms with Crippen molar-refractivity contribution in [1.29, 1.82) is 0 Å². The van der Waals surface area contributed by atoms with Crippen molar-refractivity contribution in [1.82, 2.24) is 4.90 Å². The number of hydrogen-bond acceptors (Lipinski definition) is 5. The Morgan fingerprint density at radius 3 is 2.97 bits per heavy atom. The van der Waals surface area contributed by atoms with Crippen LogP contribution in [0, 0.1) is 0 Å². The second-order valence-corrected chi connectivity index (χ2v) is 7.49. The van der Waals surface area contributed by atoms with Crippen LogP contribution in [0.2, 0.25) is 0 Å². The number of rotatable bonds is 7. The molecule has 0 aliphatic carbocycles. The van der Waals surface area contributed by atoms with Gasteiger partial charge in [0, 0.05) is 43.8 Å². The van der Waals surface area contributed by atoms with Gasteiger partial charge in [-0.05, 0) is 42.7 Å². The number of anilines is 1. The Kier molecular flexibility index (Phi) is 5.71. The molecule has 1 aliphatic rings. The maximum absolute atomic E-state index is 12.5. The van der Waals surface area contributed by atoms with Gasteiger partial charge in [0.2, 0.25) is 0 Å². The van der Waals surface area contributed by atoms with Crippen molar-refractivity contribution in [2.45, 2.75) is 18.9 Å². The molecule has 0 bridgehead atoms. The summed E-state index contributed by atoms with van der Waals surface area (Å²) in [7, 11) is 1.80. The Balaban J connectivity index is 1.31. The van der Waals surface area contributed by atoms with E-state index < -0.39 is 0 Å². The molecule has 0 unspecified atom stereocenters. The lowest BCUT2D eigenvalue weighted by Crippen LogP contribution is -2.33. The molecule has 152 valence electrons. The van der Waals surface area contributed by atoms with Gasteiger partial charge in [-0.2, -0.15) is 0 Å². The molecule has 6 heteroatoms. The summed E-state index contributed by atoms with van der Waals surface area (Å²) in [5.74, 6) is 0.547. The normalized spacial score (nSPS) is 16.3. The molecule has 1 amide bonds. The topological polar surface area (TPSA) is 66.2 Å². The lowest BCUT2D eigenvalue weighted by Gasteiger charge is -2.23. The molecule has 0 radical (unpaired) electrons. The van der Waals surface area contributed by atoms with Gasteiger partial charge in [-0.25, -0.2) is 0 Å². The van der Waals surface area contributed by atoms with E-state index in [4.69, 9.17) is 9.15 Å². The minimum atomic E-state index is -0.259. The zero-order valence-corrected chi connectivity index (χ0v) is 16.6. The summed E-state index contributed by atoms with van der Waals surface area (Å²) in [6.07, 6.45) is 2.93. The van der Waals surface area contributed by atoms with Crippen LogP contribution in [0.5, 0.6) is 5.75 Å². The Morgan fingerprint density at radius 1 is 1.28 bits per heavy atom. The first-order valence-electron chi connectivity index (χ1n) is 9.95. The van der Waals surface area contributed by atoms with Gasteiger partial charge < -0.3 is 24.1 Å². The van der Waals surface area contributed by atoms with E-state index in [-0.39, 0.29) is 18.6 Å². The van der Waals surface area contributed by atoms with Gasteiger partial charge in [0.05, 0.1) is 12.4 Å². The number of hydrogen-bond donors (Lipinski definition) is 1. The van der Waals surface area contributed by atoms with Gasteiger partial charge in [-0.1, -0.05) is 18.2 Å². The SMILES string of the molecule is CN(CCc1ccccc1N1CC[C@H](O)C1)C(=O)COc1ccc2ccoc2c1. The predicted molar refractivity (Wildman–Crippen MR) is 112 cm³/mol. The number of aliphatic hydroxyl groups is 1. The van der Waals surface area contributed by atoms with E-state index in [9.17, 15) is 9.90 Å². The van der Waals surface area contributed by atoms with Crippen molar-refractivity contribution < 1.29 is 19.1 Å². The summed E-state index contributed by atoms with van der Waals surface area (Å²) >= 11 is 0. The molecule has 1 fully saturated rings. The fourth-order valence-corrected chi connectivity index (χ4v) is 3.68. The van der Waals surface area contributed by atoms with E-state index in [1.807, 2.05) is 30.3 Å². The third-order valence-corrected chi connectivity index (χ3v) is 5.43. The fourth-order valence-electron chi connectivity index (χ4n) is 3.68. The van der Waals surface area contributed by atoms with E-state index in [1.54, 1.807) is 24.3 Å². The fraction of sp³-hybridized carbons (Fsp3) is 0.348. The zero-order valence-electron chi connectivity index (χ0n) is 16.6. The molecule has 0 saturated carbocycles. The number of furan rings is 1. The molecule has 1 N–H and O–H groups in total. The first-order chi connectivity index (χ1) is 14.1. The largest absolute Gasteiger partial charge is 0.484 e. The average Bonchev–Trinajstić information content (AvgIpc) is 3.38. The van der Waals surface area contributed by atoms with Crippen molar-refractivity contribution in [2.24, 2.45) is 0 Å². The number of nitrogens with zero attached hydrogens (tertiary/aromatic N) is 2. The maximum Gasteiger partial charge on any atom is 0.260 e. The lowest BCUT2D eigenvalue weighted by atomic mass is 10.1. The van der Waals surface area contributed by atoms with Gasteiger partial charge in [0.1, 0.15) is 11.3 Å². The lowest BCUT2D eigenvalue weighted by molar-refractivity contribution is -0.132. The number of β-amino-alcohol motifs (C(OH)–C–C–N with tert-alkyl or cyclic N) is 1. The summed E-state index contributed by atoms with van der Waals surface area (Å²) in [6.45, 7) is 2.12. The molecule has 2 heterocycles. The van der Waals surface area contributed by atoms with Crippen molar-refractivity contribution >= 4 is 22.6 Å². The van der Waals surface area contributed by atoms with Crippen molar-refractivity contribution in [3.8, 4) is 5.75 Å². The highest BCUT2D eigenvalue weighted by molar-refractivity contribution is 5.79. The van der Waals surface area contributed by atoms with Crippen LogP contribution in [0.1, 0.15) is 12.0 Å². The number of fused-ring (bicyclic) bond motifs is 1. The van der Waals surface area contributed by atoms with Crippen LogP contribution in [0.3, 0.4) is 0 Å². The van der Waals surface area contributed by atoms with Crippen LogP contribution >= 0.6 is 0 Å². The van der Waals surface area contributed by atoms with Crippen LogP contribution in [0.15, 0.2) is 59.2 Å². The molecule has 4 rings (SSSR count). The number of amides is 1. The van der Waals surface area contributed by atoms with Gasteiger partial charge in [-0.15, -0.1) is 0 Å². The van der Waals surface area contributed by atoms with Crippen LogP contribution in [0.4, 0.5) is 5.69 Å². The highest BCUT2D eigenvalue weighted by Gasteiger charge is 2.22. The molecule has 1 atom stereocenters. The van der Waals surface area contributed by atoms with Crippen molar-refractivity contribution in [2.75, 3.05) is 38.2 Å². The van der Waals surface area contributed by atoms with E-state index in [0.29, 0.717) is 18.8 Å². The number of likely N-dealkylation sites (N-methyl/N-ethyl adjacent to an activating group) is 1. The zero-order chi connectivity index (χ0) is 20.2. The molecule has 6 nitrogen and oxygen atoms in total. The van der Waals surface area contributed by atoms with Crippen molar-refractivity contribution in [3.05, 3.63) is 60.4 Å². The molecule has 1 aromatic heterocycles. The molecule has 29 heavy (non-hydrogen) atoms. The van der Waals surface area contributed by atoms with Gasteiger partial charge >= 0.3 is 0 Å². The second kappa shape index (κ2) is 8.57. The quantitative estimate of drug-likeness (QED) is 0.667. The summed E-state index contributed by atoms with van der Waals surface area (Å²) in [5, 5.41) is 10.8. The van der Waals surface area contributed by atoms with E-state index in [0.717, 1.165) is 36.0 Å². The predicted octanol–water partition coefficient (Wildman–Crippen LogP) is 3.08. The molecule has 1 aliphatic heterocycles. The highest BCUT2D eigenvalue weighted by atomic mass is 16.5. The molecular weight excluding hydrogens is 368 g/mol. The molecule has 3 aromatic rings. The minimum absolute atomic E-state index is 0.0112. The average molecular weight is 394 g/mol. The van der Waals surface area contributed by atoms with E-state index in [2.05, 4.69) is 17.0 Å². The Hall–Kier alpha value is -2.99. The summed E-state index contributed by atoms with van der Waals surface area (Å²) in [6, 6.07) is 15.6. The number of ether oxygens (including phenoxy) is 1. The first-order valence-corrected chi connectivity index (χ1v) is 9.95. The van der Waals surface area contributed by atoms with Gasteiger partial charge in [0.25, 0.3) is 5.91 Å². The number of aliphatic hydroxyl groups excluding tert-OH is 1. The van der Waals surface area contributed by atoms with Gasteiger partial charge in [-0.3, -0.25) is 4.79 Å². The summed E-state index contributed by atoms with van der Waals surface area (Å²) in [4.78, 5) is 16.4. The Labute approximate surface area is 170 Å². The summed E-state index contributed by atoms with van der Waals surface area (Å²) < 4.78 is 11.0. The smallest absolute Gasteiger partial charge is 0.260 e. The van der Waals surface area contributed by atoms with Crippen LogP contribution in [-0.4, -0.2) is 55.3 Å². The van der Waals surface area contributed by atoms with E-state index in [1.165, 1.54) is 5.56 Å². The molecule has 1 saturated heterocycles. The number of carbonyl (C=O) groups excluding carboxylic acids is 1. The third kappa shape index (κ3) is 4.54. The minimum Gasteiger partial charge on any atom is -0.484 e. The standard InChI is InChI=1S/C23H26N2O4/c1-24(23(27)16-29-20-7-6-18-10-13-28-22(18)14-20)11-8-17-4-2-3-5-21(17)25-12-9-19(26)15-25/h2-7,10,13-14,19,26H,8-9,11-12,15-16H2,1H3/t19-/m0/s1. The van der Waals surface area contributed by atoms with Crippen LogP contribution in [0.25, 0.3) is 11.0 Å². The first kappa shape index (κ1) is 19.3. The Bertz CT molecular complexity index is 984. The highest BCUT2D eigenvalue weighted by Crippen LogP contribution is 2.25. The molecular formula is C23H26N2O4.